The largest absolute Gasteiger partial charge is 0.383 e. The average molecular weight is 571 g/mol. The molecule has 2 aromatic heterocycles. The molecule has 220 valence electrons. The van der Waals surface area contributed by atoms with Gasteiger partial charge in [-0.1, -0.05) is 35.9 Å². The molecule has 2 amide bonds. The van der Waals surface area contributed by atoms with Gasteiger partial charge in [0.25, 0.3) is 0 Å². The zero-order chi connectivity index (χ0) is 29.2. The normalized spacial score (nSPS) is 20.1. The van der Waals surface area contributed by atoms with E-state index in [1.54, 1.807) is 12.1 Å². The Kier molecular flexibility index (Phi) is 8.08. The van der Waals surface area contributed by atoms with Crippen LogP contribution in [0.3, 0.4) is 0 Å². The van der Waals surface area contributed by atoms with Crippen LogP contribution in [0.1, 0.15) is 42.9 Å². The van der Waals surface area contributed by atoms with Crippen LogP contribution in [0.4, 0.5) is 20.7 Å². The molecular weight excluding hydrogens is 531 g/mol. The van der Waals surface area contributed by atoms with Crippen molar-refractivity contribution < 1.29 is 9.18 Å². The van der Waals surface area contributed by atoms with Crippen LogP contribution in [0.5, 0.6) is 0 Å². The summed E-state index contributed by atoms with van der Waals surface area (Å²) in [5, 5.41) is 6.13. The van der Waals surface area contributed by atoms with Crippen LogP contribution in [0.2, 0.25) is 0 Å². The fourth-order valence-electron chi connectivity index (χ4n) is 6.33. The van der Waals surface area contributed by atoms with Crippen molar-refractivity contribution in [3.63, 3.8) is 0 Å². The van der Waals surface area contributed by atoms with Gasteiger partial charge in [-0.3, -0.25) is 4.90 Å². The maximum absolute atomic E-state index is 15.3. The van der Waals surface area contributed by atoms with Crippen LogP contribution < -0.4 is 16.4 Å². The Morgan fingerprint density at radius 1 is 1.00 bits per heavy atom. The van der Waals surface area contributed by atoms with Crippen LogP contribution in [0, 0.1) is 12.7 Å². The number of likely N-dealkylation sites (N-methyl/N-ethyl adjacent to an activating group) is 1. The monoisotopic (exact) mass is 570 g/mol. The molecule has 2 aliphatic rings. The average Bonchev–Trinajstić information content (AvgIpc) is 3.39. The van der Waals surface area contributed by atoms with Gasteiger partial charge in [0.05, 0.1) is 11.1 Å². The summed E-state index contributed by atoms with van der Waals surface area (Å²) in [6.07, 6.45) is 7.94. The van der Waals surface area contributed by atoms with E-state index in [-0.39, 0.29) is 5.69 Å². The van der Waals surface area contributed by atoms with Crippen molar-refractivity contribution in [3.8, 4) is 11.1 Å². The van der Waals surface area contributed by atoms with E-state index >= 15 is 4.39 Å². The zero-order valence-electron chi connectivity index (χ0n) is 24.3. The minimum absolute atomic E-state index is 0.107. The summed E-state index contributed by atoms with van der Waals surface area (Å²) in [6.45, 7) is 6.89. The predicted octanol–water partition coefficient (Wildman–Crippen LogP) is 5.18. The van der Waals surface area contributed by atoms with Crippen molar-refractivity contribution in [2.45, 2.75) is 51.2 Å². The lowest BCUT2D eigenvalue weighted by atomic mass is 9.89. The van der Waals surface area contributed by atoms with Crippen LogP contribution >= 0.6 is 0 Å². The number of anilines is 2. The summed E-state index contributed by atoms with van der Waals surface area (Å²) in [6, 6.07) is 13.2. The molecule has 2 fully saturated rings. The second-order valence-electron chi connectivity index (χ2n) is 11.7. The Balaban J connectivity index is 1.17. The molecule has 0 radical (unpaired) electrons. The number of carbonyl (C=O) groups is 1. The summed E-state index contributed by atoms with van der Waals surface area (Å²) >= 11 is 0. The quantitative estimate of drug-likeness (QED) is 0.295. The smallest absolute Gasteiger partial charge is 0.319 e. The summed E-state index contributed by atoms with van der Waals surface area (Å²) in [4.78, 5) is 26.4. The number of amides is 2. The number of nitrogen functional groups attached to an aromatic ring is 1. The van der Waals surface area contributed by atoms with Gasteiger partial charge in [-0.05, 0) is 62.9 Å². The van der Waals surface area contributed by atoms with E-state index in [0.29, 0.717) is 30.0 Å². The molecule has 4 aromatic rings. The molecule has 4 N–H and O–H groups in total. The van der Waals surface area contributed by atoms with Crippen molar-refractivity contribution in [1.29, 1.82) is 0 Å². The number of fused-ring (bicyclic) bond motifs is 1. The molecule has 2 aromatic carbocycles. The first-order chi connectivity index (χ1) is 20.4. The van der Waals surface area contributed by atoms with Gasteiger partial charge in [0.1, 0.15) is 23.6 Å². The summed E-state index contributed by atoms with van der Waals surface area (Å²) in [7, 11) is 2.19. The Hall–Kier alpha value is -4.02. The highest BCUT2D eigenvalue weighted by Gasteiger charge is 2.30. The Morgan fingerprint density at radius 3 is 2.43 bits per heavy atom. The maximum Gasteiger partial charge on any atom is 0.319 e. The fraction of sp³-hybridized carbons (Fsp3) is 0.406. The number of rotatable bonds is 6. The first-order valence-electron chi connectivity index (χ1n) is 14.8. The first kappa shape index (κ1) is 28.1. The number of halogens is 1. The number of nitrogens with one attached hydrogen (secondary N) is 2. The van der Waals surface area contributed by atoms with E-state index in [9.17, 15) is 4.79 Å². The van der Waals surface area contributed by atoms with Gasteiger partial charge >= 0.3 is 6.03 Å². The van der Waals surface area contributed by atoms with Crippen molar-refractivity contribution >= 4 is 28.6 Å². The third-order valence-corrected chi connectivity index (χ3v) is 8.85. The van der Waals surface area contributed by atoms with E-state index in [0.717, 1.165) is 79.6 Å². The predicted molar refractivity (Wildman–Crippen MR) is 165 cm³/mol. The molecule has 0 atom stereocenters. The molecule has 0 bridgehead atoms. The van der Waals surface area contributed by atoms with E-state index in [1.165, 1.54) is 12.4 Å². The van der Waals surface area contributed by atoms with Gasteiger partial charge in [0.2, 0.25) is 0 Å². The molecule has 1 saturated carbocycles. The summed E-state index contributed by atoms with van der Waals surface area (Å²) in [5.41, 5.74) is 10.8. The molecule has 1 saturated heterocycles. The fourth-order valence-corrected chi connectivity index (χ4v) is 6.33. The lowest BCUT2D eigenvalue weighted by Crippen LogP contribution is -2.49. The molecular formula is C32H39FN8O. The van der Waals surface area contributed by atoms with Gasteiger partial charge in [0, 0.05) is 56.6 Å². The van der Waals surface area contributed by atoms with Gasteiger partial charge in [-0.25, -0.2) is 19.2 Å². The molecule has 3 heterocycles. The molecule has 0 unspecified atom stereocenters. The van der Waals surface area contributed by atoms with Crippen LogP contribution in [-0.2, 0) is 6.54 Å². The number of carbonyl (C=O) groups excluding carboxylic acids is 1. The number of nitrogens with two attached hydrogens (primary N) is 1. The van der Waals surface area contributed by atoms with Crippen LogP contribution in [-0.4, -0.2) is 69.6 Å². The number of hydrogen-bond acceptors (Lipinski definition) is 6. The van der Waals surface area contributed by atoms with Crippen molar-refractivity contribution in [1.82, 2.24) is 29.7 Å². The van der Waals surface area contributed by atoms with E-state index in [4.69, 9.17) is 5.73 Å². The van der Waals surface area contributed by atoms with E-state index < -0.39 is 11.8 Å². The van der Waals surface area contributed by atoms with Crippen LogP contribution in [0.25, 0.3) is 22.2 Å². The number of urea groups is 1. The highest BCUT2D eigenvalue weighted by atomic mass is 19.1. The van der Waals surface area contributed by atoms with E-state index in [1.807, 2.05) is 37.4 Å². The number of aryl methyl sites for hydroxylation is 1. The Labute approximate surface area is 245 Å². The minimum Gasteiger partial charge on any atom is -0.383 e. The zero-order valence-corrected chi connectivity index (χ0v) is 24.3. The standard InChI is InChI=1S/C32H39FN8O/c1-21-3-5-22(6-4-21)18-35-32(42)38-28-12-7-23(17-27(28)33)26-19-41(31-29(26)30(34)36-20-37-31)25-10-8-24(9-11-25)40-15-13-39(2)14-16-40/h3-7,12,17,19-20,24-25H,8-11,13-16,18H2,1-2H3,(H2,34,36,37)(H2,35,38,42). The van der Waals surface area contributed by atoms with Gasteiger partial charge in [-0.2, -0.15) is 0 Å². The Morgan fingerprint density at radius 2 is 1.71 bits per heavy atom. The lowest BCUT2D eigenvalue weighted by Gasteiger charge is -2.41. The minimum atomic E-state index is -0.526. The maximum atomic E-state index is 15.3. The summed E-state index contributed by atoms with van der Waals surface area (Å²) in [5.74, 6) is -0.153. The third-order valence-electron chi connectivity index (χ3n) is 8.85. The first-order valence-corrected chi connectivity index (χ1v) is 14.8. The van der Waals surface area contributed by atoms with Gasteiger partial charge in [-0.15, -0.1) is 0 Å². The van der Waals surface area contributed by atoms with Crippen molar-refractivity contribution in [3.05, 3.63) is 71.9 Å². The van der Waals surface area contributed by atoms with E-state index in [2.05, 4.69) is 42.0 Å². The number of benzene rings is 2. The molecule has 9 nitrogen and oxygen atoms in total. The molecule has 10 heteroatoms. The van der Waals surface area contributed by atoms with Crippen LogP contribution in [0.15, 0.2) is 55.0 Å². The molecule has 1 aliphatic carbocycles. The SMILES string of the molecule is Cc1ccc(CNC(=O)Nc2ccc(-c3cn(C4CCC(N5CCN(C)CC5)CC4)c4ncnc(N)c34)cc2F)cc1. The highest BCUT2D eigenvalue weighted by Crippen LogP contribution is 2.39. The van der Waals surface area contributed by atoms with Crippen molar-refractivity contribution in [2.24, 2.45) is 0 Å². The second kappa shape index (κ2) is 12.1. The second-order valence-corrected chi connectivity index (χ2v) is 11.7. The molecule has 6 rings (SSSR count). The number of nitrogens with zero attached hydrogens (tertiary/aromatic N) is 5. The highest BCUT2D eigenvalue weighted by molar-refractivity contribution is 6.01. The topological polar surface area (TPSA) is 104 Å². The molecule has 42 heavy (non-hydrogen) atoms. The third kappa shape index (κ3) is 5.96. The molecule has 1 aliphatic heterocycles. The lowest BCUT2D eigenvalue weighted by molar-refractivity contribution is 0.0828. The van der Waals surface area contributed by atoms with Gasteiger partial charge < -0.3 is 25.8 Å². The summed E-state index contributed by atoms with van der Waals surface area (Å²) < 4.78 is 17.5. The van der Waals surface area contributed by atoms with Gasteiger partial charge in [0.15, 0.2) is 0 Å². The number of aromatic nitrogens is 3. The number of piperazine rings is 1. The number of hydrogen-bond donors (Lipinski definition) is 3. The molecule has 0 spiro atoms. The Bertz CT molecular complexity index is 1550. The van der Waals surface area contributed by atoms with Crippen molar-refractivity contribution in [2.75, 3.05) is 44.3 Å².